The average Bonchev–Trinajstić information content (AvgIpc) is 2.60. The van der Waals surface area contributed by atoms with E-state index in [2.05, 4.69) is 16.9 Å². The number of thiazole rings is 1. The lowest BCUT2D eigenvalue weighted by Crippen LogP contribution is -2.29. The molecule has 2 rings (SSSR count). The number of hydrogen-bond donors (Lipinski definition) is 1. The highest BCUT2D eigenvalue weighted by molar-refractivity contribution is 7.11. The molecule has 1 aliphatic carbocycles. The summed E-state index contributed by atoms with van der Waals surface area (Å²) in [5.41, 5.74) is 0.865. The Hall–Kier alpha value is -0.940. The van der Waals surface area contributed by atoms with Crippen LogP contribution in [-0.4, -0.2) is 34.6 Å². The Morgan fingerprint density at radius 2 is 2.44 bits per heavy atom. The molecule has 1 aromatic heterocycles. The lowest BCUT2D eigenvalue weighted by molar-refractivity contribution is 0.0696. The molecular formula is C11H16N2O2S. The lowest BCUT2D eigenvalue weighted by atomic mass is 9.85. The zero-order valence-electron chi connectivity index (χ0n) is 9.35. The predicted molar refractivity (Wildman–Crippen MR) is 62.7 cm³/mol. The van der Waals surface area contributed by atoms with Gasteiger partial charge in [-0.2, -0.15) is 0 Å². The zero-order chi connectivity index (χ0) is 11.5. The maximum Gasteiger partial charge on any atom is 0.365 e. The fraction of sp³-hybridized carbons (Fsp3) is 0.636. The van der Waals surface area contributed by atoms with Gasteiger partial charge >= 0.3 is 5.97 Å². The second-order valence-electron chi connectivity index (χ2n) is 4.44. The van der Waals surface area contributed by atoms with Crippen LogP contribution in [0, 0.1) is 5.92 Å². The summed E-state index contributed by atoms with van der Waals surface area (Å²) < 4.78 is 0. The van der Waals surface area contributed by atoms with Gasteiger partial charge in [-0.15, -0.1) is 11.3 Å². The van der Waals surface area contributed by atoms with Crippen molar-refractivity contribution in [1.29, 1.82) is 0 Å². The van der Waals surface area contributed by atoms with E-state index in [1.54, 1.807) is 0 Å². The van der Waals surface area contributed by atoms with E-state index in [1.807, 2.05) is 5.38 Å². The molecule has 5 heteroatoms. The van der Waals surface area contributed by atoms with Crippen molar-refractivity contribution in [3.63, 3.8) is 0 Å². The number of rotatable bonds is 5. The average molecular weight is 240 g/mol. The van der Waals surface area contributed by atoms with Crippen LogP contribution in [0.25, 0.3) is 0 Å². The number of carbonyl (C=O) groups is 1. The van der Waals surface area contributed by atoms with Gasteiger partial charge in [0.15, 0.2) is 0 Å². The summed E-state index contributed by atoms with van der Waals surface area (Å²) in [5.74, 6) is -0.0968. The normalized spacial score (nSPS) is 16.4. The topological polar surface area (TPSA) is 53.4 Å². The minimum Gasteiger partial charge on any atom is -0.476 e. The predicted octanol–water partition coefficient (Wildman–Crippen LogP) is 2.07. The Bertz CT molecular complexity index is 374. The monoisotopic (exact) mass is 240 g/mol. The van der Waals surface area contributed by atoms with Gasteiger partial charge in [0.2, 0.25) is 5.01 Å². The van der Waals surface area contributed by atoms with Crippen LogP contribution < -0.4 is 0 Å². The second kappa shape index (κ2) is 4.93. The van der Waals surface area contributed by atoms with Crippen LogP contribution in [0.5, 0.6) is 0 Å². The van der Waals surface area contributed by atoms with E-state index in [1.165, 1.54) is 30.6 Å². The van der Waals surface area contributed by atoms with E-state index in [-0.39, 0.29) is 5.01 Å². The molecule has 1 N–H and O–H groups in total. The SMILES string of the molecule is CN(Cc1csc(C(=O)O)n1)CC1CCC1. The Morgan fingerprint density at radius 3 is 2.94 bits per heavy atom. The van der Waals surface area contributed by atoms with E-state index in [9.17, 15) is 4.79 Å². The number of aromatic carboxylic acids is 1. The second-order valence-corrected chi connectivity index (χ2v) is 5.30. The number of carboxylic acid groups (broad SMARTS) is 1. The van der Waals surface area contributed by atoms with Crippen molar-refractivity contribution in [2.75, 3.05) is 13.6 Å². The molecule has 4 nitrogen and oxygen atoms in total. The molecule has 0 radical (unpaired) electrons. The molecule has 16 heavy (non-hydrogen) atoms. The van der Waals surface area contributed by atoms with Crippen molar-refractivity contribution in [1.82, 2.24) is 9.88 Å². The summed E-state index contributed by atoms with van der Waals surface area (Å²) in [4.78, 5) is 17.0. The van der Waals surface area contributed by atoms with E-state index < -0.39 is 5.97 Å². The highest BCUT2D eigenvalue weighted by Gasteiger charge is 2.19. The van der Waals surface area contributed by atoms with Gasteiger partial charge in [-0.05, 0) is 25.8 Å². The van der Waals surface area contributed by atoms with Gasteiger partial charge in [0, 0.05) is 18.5 Å². The minimum absolute atomic E-state index is 0.187. The Kier molecular flexibility index (Phi) is 3.56. The number of carboxylic acids is 1. The summed E-state index contributed by atoms with van der Waals surface area (Å²) >= 11 is 1.20. The lowest BCUT2D eigenvalue weighted by Gasteiger charge is -2.29. The van der Waals surface area contributed by atoms with Crippen molar-refractivity contribution in [2.24, 2.45) is 5.92 Å². The molecule has 0 spiro atoms. The Labute approximate surface area is 98.9 Å². The maximum atomic E-state index is 10.7. The van der Waals surface area contributed by atoms with Crippen LogP contribution in [0.15, 0.2) is 5.38 Å². The first kappa shape index (κ1) is 11.5. The van der Waals surface area contributed by atoms with Crippen LogP contribution in [0.3, 0.4) is 0 Å². The molecular weight excluding hydrogens is 224 g/mol. The first-order valence-electron chi connectivity index (χ1n) is 5.51. The molecule has 1 aromatic rings. The first-order valence-corrected chi connectivity index (χ1v) is 6.39. The van der Waals surface area contributed by atoms with Crippen molar-refractivity contribution in [3.8, 4) is 0 Å². The Morgan fingerprint density at radius 1 is 1.69 bits per heavy atom. The summed E-state index contributed by atoms with van der Waals surface area (Å²) in [5, 5.41) is 10.8. The molecule has 0 bridgehead atoms. The number of hydrogen-bond acceptors (Lipinski definition) is 4. The van der Waals surface area contributed by atoms with E-state index in [4.69, 9.17) is 5.11 Å². The molecule has 88 valence electrons. The molecule has 0 aliphatic heterocycles. The molecule has 1 aliphatic rings. The fourth-order valence-electron chi connectivity index (χ4n) is 1.94. The van der Waals surface area contributed by atoms with Crippen LogP contribution in [0.4, 0.5) is 0 Å². The smallest absolute Gasteiger partial charge is 0.365 e. The van der Waals surface area contributed by atoms with Gasteiger partial charge in [-0.1, -0.05) is 6.42 Å². The van der Waals surface area contributed by atoms with E-state index in [0.717, 1.165) is 24.7 Å². The van der Waals surface area contributed by atoms with Gasteiger partial charge in [-0.3, -0.25) is 0 Å². The third kappa shape index (κ3) is 2.80. The van der Waals surface area contributed by atoms with Gasteiger partial charge in [0.25, 0.3) is 0 Å². The summed E-state index contributed by atoms with van der Waals surface area (Å²) in [6, 6.07) is 0. The number of nitrogens with zero attached hydrogens (tertiary/aromatic N) is 2. The van der Waals surface area contributed by atoms with Crippen LogP contribution in [0.1, 0.15) is 34.8 Å². The molecule has 1 heterocycles. The minimum atomic E-state index is -0.933. The van der Waals surface area contributed by atoms with Crippen LogP contribution in [0.2, 0.25) is 0 Å². The number of aromatic nitrogens is 1. The molecule has 1 fully saturated rings. The van der Waals surface area contributed by atoms with Gasteiger partial charge in [0.1, 0.15) is 0 Å². The quantitative estimate of drug-likeness (QED) is 0.856. The van der Waals surface area contributed by atoms with Crippen LogP contribution >= 0.6 is 11.3 Å². The van der Waals surface area contributed by atoms with Crippen LogP contribution in [-0.2, 0) is 6.54 Å². The highest BCUT2D eigenvalue weighted by Crippen LogP contribution is 2.27. The molecule has 0 amide bonds. The van der Waals surface area contributed by atoms with Gasteiger partial charge < -0.3 is 10.0 Å². The Balaban J connectivity index is 1.84. The van der Waals surface area contributed by atoms with Crippen molar-refractivity contribution in [3.05, 3.63) is 16.1 Å². The van der Waals surface area contributed by atoms with Crippen molar-refractivity contribution >= 4 is 17.3 Å². The third-order valence-corrected chi connectivity index (χ3v) is 3.84. The van der Waals surface area contributed by atoms with E-state index in [0.29, 0.717) is 0 Å². The van der Waals surface area contributed by atoms with Gasteiger partial charge in [0.05, 0.1) is 5.69 Å². The summed E-state index contributed by atoms with van der Waals surface area (Å²) in [6.07, 6.45) is 4.03. The molecule has 0 saturated heterocycles. The summed E-state index contributed by atoms with van der Waals surface area (Å²) in [7, 11) is 2.07. The fourth-order valence-corrected chi connectivity index (χ4v) is 2.58. The third-order valence-electron chi connectivity index (χ3n) is 2.96. The molecule has 1 saturated carbocycles. The molecule has 0 unspecified atom stereocenters. The molecule has 0 aromatic carbocycles. The largest absolute Gasteiger partial charge is 0.476 e. The summed E-state index contributed by atoms with van der Waals surface area (Å²) in [6.45, 7) is 1.85. The van der Waals surface area contributed by atoms with Gasteiger partial charge in [-0.25, -0.2) is 9.78 Å². The van der Waals surface area contributed by atoms with Crippen molar-refractivity contribution < 1.29 is 9.90 Å². The van der Waals surface area contributed by atoms with E-state index >= 15 is 0 Å². The maximum absolute atomic E-state index is 10.7. The van der Waals surface area contributed by atoms with Crippen molar-refractivity contribution in [2.45, 2.75) is 25.8 Å². The highest BCUT2D eigenvalue weighted by atomic mass is 32.1. The zero-order valence-corrected chi connectivity index (χ0v) is 10.2. The standard InChI is InChI=1S/C11H16N2O2S/c1-13(5-8-3-2-4-8)6-9-7-16-10(12-9)11(14)15/h7-8H,2-6H2,1H3,(H,14,15). The first-order chi connectivity index (χ1) is 7.65. The molecule has 0 atom stereocenters.